The molecule has 0 radical (unpaired) electrons. The Hall–Kier alpha value is -5.80. The molecule has 4 fully saturated rings. The van der Waals surface area contributed by atoms with Gasteiger partial charge in [0, 0.05) is 92.2 Å². The van der Waals surface area contributed by atoms with Crippen molar-refractivity contribution in [2.75, 3.05) is 13.6 Å². The molecule has 0 bridgehead atoms. The largest absolute Gasteiger partial charge is 0.432 e. The van der Waals surface area contributed by atoms with Crippen LogP contribution < -0.4 is 5.56 Å². The molecule has 4 aromatic heterocycles. The third-order valence-corrected chi connectivity index (χ3v) is 14.4. The number of halogens is 5. The first kappa shape index (κ1) is 55.5. The quantitative estimate of drug-likeness (QED) is 0.0421. The molecule has 3 aliphatic carbocycles. The molecule has 1 amide bonds. The summed E-state index contributed by atoms with van der Waals surface area (Å²) < 4.78 is 70.6. The van der Waals surface area contributed by atoms with Crippen molar-refractivity contribution in [3.63, 3.8) is 0 Å². The molecule has 5 heterocycles. The molecule has 16 heteroatoms. The minimum Gasteiger partial charge on any atom is -0.332 e. The maximum atomic E-state index is 13.9. The van der Waals surface area contributed by atoms with Crippen molar-refractivity contribution in [1.82, 2.24) is 33.7 Å². The zero-order valence-electron chi connectivity index (χ0n) is 43.9. The van der Waals surface area contributed by atoms with Crippen LogP contribution in [-0.2, 0) is 9.59 Å². The third kappa shape index (κ3) is 13.4. The molecule has 390 valence electrons. The van der Waals surface area contributed by atoms with Gasteiger partial charge in [-0.15, -0.1) is 0 Å². The van der Waals surface area contributed by atoms with E-state index in [1.54, 1.807) is 47.9 Å². The fourth-order valence-electron chi connectivity index (χ4n) is 9.59. The molecule has 4 unspecified atom stereocenters. The Balaban J connectivity index is 0.000000252. The lowest BCUT2D eigenvalue weighted by molar-refractivity contribution is -0.138. The summed E-state index contributed by atoms with van der Waals surface area (Å²) in [6.07, 6.45) is 17.2. The van der Waals surface area contributed by atoms with Crippen LogP contribution in [-0.4, -0.2) is 89.5 Å². The molecule has 1 spiro atoms. The zero-order valence-corrected chi connectivity index (χ0v) is 43.9. The van der Waals surface area contributed by atoms with Gasteiger partial charge in [-0.3, -0.25) is 28.8 Å². The number of amides is 1. The number of imidazole rings is 1. The van der Waals surface area contributed by atoms with Crippen molar-refractivity contribution < 1.29 is 31.5 Å². The van der Waals surface area contributed by atoms with Gasteiger partial charge >= 0.3 is 12.7 Å². The number of nitrogens with zero attached hydrogens (tertiary/aromatic N) is 8. The fraction of sp³-hybridized carbons (Fsp3) is 0.554. The number of carbonyl (C=O) groups excluding carboxylic acids is 2. The van der Waals surface area contributed by atoms with Crippen molar-refractivity contribution in [2.45, 2.75) is 176 Å². The molecular weight excluding hydrogens is 928 g/mol. The number of allylic oxidation sites excluding steroid dienone is 4. The highest BCUT2D eigenvalue weighted by molar-refractivity contribution is 6.04. The summed E-state index contributed by atoms with van der Waals surface area (Å²) in [7, 11) is 1.30. The lowest BCUT2D eigenvalue weighted by Crippen LogP contribution is -2.42. The molecule has 0 N–H and O–H groups in total. The van der Waals surface area contributed by atoms with E-state index in [-0.39, 0.29) is 41.0 Å². The number of aliphatic imine (C=N–C) groups is 1. The SMILES string of the molecule is CC.CC/C=C/C(=C\N(C)C(F)F)CC(C(C)=O)N1CCC2(CC2c2ccc(-c3cnc4nc(C5CC5)cn4c3)nc2C)C1=O.CCC(C)(C)CC(C)N=C(/C=C(\C)c1ccn(C2CC2)c(=O)c1)C(F)(F)F. The number of hydrogen-bond donors (Lipinski definition) is 0. The van der Waals surface area contributed by atoms with Gasteiger partial charge in [-0.05, 0) is 125 Å². The lowest BCUT2D eigenvalue weighted by atomic mass is 9.84. The number of aromatic nitrogens is 5. The van der Waals surface area contributed by atoms with E-state index in [1.807, 2.05) is 71.2 Å². The van der Waals surface area contributed by atoms with Crippen LogP contribution in [0.5, 0.6) is 0 Å². The van der Waals surface area contributed by atoms with E-state index < -0.39 is 35.9 Å². The van der Waals surface area contributed by atoms with E-state index in [0.717, 1.165) is 64.9 Å². The Morgan fingerprint density at radius 3 is 2.32 bits per heavy atom. The van der Waals surface area contributed by atoms with Crippen molar-refractivity contribution >= 4 is 28.8 Å². The topological polar surface area (TPSA) is 118 Å². The number of alkyl halides is 5. The van der Waals surface area contributed by atoms with Crippen LogP contribution in [0.3, 0.4) is 0 Å². The van der Waals surface area contributed by atoms with E-state index in [9.17, 15) is 36.3 Å². The van der Waals surface area contributed by atoms with Gasteiger partial charge in [0.05, 0.1) is 22.8 Å². The number of Topliss-reactive ketones (excluding diaryl/α,β-unsaturated/α-hetero) is 1. The molecule has 3 saturated carbocycles. The molecule has 1 aliphatic heterocycles. The second-order valence-corrected chi connectivity index (χ2v) is 20.6. The summed E-state index contributed by atoms with van der Waals surface area (Å²) in [5.41, 5.74) is 4.53. The van der Waals surface area contributed by atoms with Crippen molar-refractivity contribution in [1.29, 1.82) is 0 Å². The van der Waals surface area contributed by atoms with Crippen molar-refractivity contribution in [2.24, 2.45) is 15.8 Å². The highest BCUT2D eigenvalue weighted by atomic mass is 19.4. The van der Waals surface area contributed by atoms with Crippen LogP contribution in [0, 0.1) is 17.8 Å². The minimum absolute atomic E-state index is 0.0246. The van der Waals surface area contributed by atoms with Crippen molar-refractivity contribution in [3.05, 3.63) is 112 Å². The molecule has 4 aliphatic rings. The van der Waals surface area contributed by atoms with Gasteiger partial charge < -0.3 is 14.4 Å². The summed E-state index contributed by atoms with van der Waals surface area (Å²) in [4.78, 5) is 59.4. The summed E-state index contributed by atoms with van der Waals surface area (Å²) in [6, 6.07) is 6.27. The van der Waals surface area contributed by atoms with E-state index in [4.69, 9.17) is 4.98 Å². The Morgan fingerprint density at radius 2 is 1.74 bits per heavy atom. The molecule has 8 rings (SSSR count). The average molecular weight is 1000 g/mol. The Kier molecular flexibility index (Phi) is 17.7. The molecule has 4 atom stereocenters. The smallest absolute Gasteiger partial charge is 0.332 e. The third-order valence-electron chi connectivity index (χ3n) is 14.4. The number of pyridine rings is 2. The summed E-state index contributed by atoms with van der Waals surface area (Å²) >= 11 is 0. The van der Waals surface area contributed by atoms with E-state index in [1.165, 1.54) is 39.1 Å². The van der Waals surface area contributed by atoms with Crippen LogP contribution in [0.25, 0.3) is 22.6 Å². The summed E-state index contributed by atoms with van der Waals surface area (Å²) in [5, 5.41) is 0. The molecule has 1 saturated heterocycles. The van der Waals surface area contributed by atoms with E-state index in [2.05, 4.69) is 27.2 Å². The highest BCUT2D eigenvalue weighted by Crippen LogP contribution is 2.65. The van der Waals surface area contributed by atoms with Gasteiger partial charge in [0.2, 0.25) is 11.7 Å². The Bertz CT molecular complexity index is 2760. The monoisotopic (exact) mass is 1000 g/mol. The van der Waals surface area contributed by atoms with Gasteiger partial charge in [-0.1, -0.05) is 66.2 Å². The number of carbonyl (C=O) groups is 2. The van der Waals surface area contributed by atoms with Gasteiger partial charge in [-0.25, -0.2) is 9.97 Å². The number of fused-ring (bicyclic) bond motifs is 1. The van der Waals surface area contributed by atoms with E-state index >= 15 is 0 Å². The Morgan fingerprint density at radius 1 is 1.03 bits per heavy atom. The number of rotatable bonds is 18. The van der Waals surface area contributed by atoms with Crippen LogP contribution in [0.15, 0.2) is 88.8 Å². The second-order valence-electron chi connectivity index (χ2n) is 20.6. The van der Waals surface area contributed by atoms with Gasteiger partial charge in [-0.2, -0.15) is 22.0 Å². The van der Waals surface area contributed by atoms with Crippen molar-refractivity contribution in [3.8, 4) is 11.3 Å². The molecule has 0 aromatic carbocycles. The molecular formula is C56H73F5N8O3. The standard InChI is InChI=1S/C33H38F2N6O2.C21H29F3N2O.C2H6/c1-5-6-7-22(17-39(4)31(34)35)14-29(21(3)42)41-13-12-33(30(41)43)15-26(33)25-10-11-27(37-20(25)2)24-16-36-32-38-28(23-8-9-23)19-40(32)18-24;1-6-20(4,5)13-15(3)25-18(21(22,23)24)11-14(2)16-9-10-26(17-7-8-17)19(27)12-16;1-2/h6-7,10-11,16-19,23,26,29,31H,5,8-9,12-15H2,1-4H3;9-12,15,17H,6-8,13H2,1-5H3;1-2H3/b7-6+,22-17+;14-11+,25-18?;. The average Bonchev–Trinajstić information content (AvgIpc) is 4.27. The zero-order chi connectivity index (χ0) is 52.9. The first-order valence-corrected chi connectivity index (χ1v) is 25.6. The lowest BCUT2D eigenvalue weighted by Gasteiger charge is -2.27. The predicted octanol–water partition coefficient (Wildman–Crippen LogP) is 12.9. The van der Waals surface area contributed by atoms with Gasteiger partial charge in [0.15, 0.2) is 5.78 Å². The van der Waals surface area contributed by atoms with Gasteiger partial charge in [0.1, 0.15) is 5.71 Å². The molecule has 11 nitrogen and oxygen atoms in total. The number of ketones is 1. The molecule has 72 heavy (non-hydrogen) atoms. The van der Waals surface area contributed by atoms with Crippen LogP contribution >= 0.6 is 0 Å². The Labute approximate surface area is 421 Å². The number of likely N-dealkylation sites (tertiary alicyclic amines) is 1. The summed E-state index contributed by atoms with van der Waals surface area (Å²) in [6.45, 7) is 16.6. The summed E-state index contributed by atoms with van der Waals surface area (Å²) in [5.74, 6) is 1.11. The maximum Gasteiger partial charge on any atom is 0.432 e. The fourth-order valence-corrected chi connectivity index (χ4v) is 9.59. The predicted molar refractivity (Wildman–Crippen MR) is 275 cm³/mol. The minimum atomic E-state index is -4.53. The normalized spacial score (nSPS) is 20.5. The highest BCUT2D eigenvalue weighted by Gasteiger charge is 2.65. The van der Waals surface area contributed by atoms with Crippen LogP contribution in [0.2, 0.25) is 0 Å². The first-order chi connectivity index (χ1) is 34.0. The van der Waals surface area contributed by atoms with Crippen LogP contribution in [0.4, 0.5) is 22.0 Å². The number of aryl methyl sites for hydroxylation is 1. The van der Waals surface area contributed by atoms with Crippen LogP contribution in [0.1, 0.15) is 167 Å². The second kappa shape index (κ2) is 23.0. The maximum absolute atomic E-state index is 13.9. The molecule has 4 aromatic rings. The number of hydrogen-bond acceptors (Lipinski definition) is 8. The van der Waals surface area contributed by atoms with Gasteiger partial charge in [0.25, 0.3) is 5.56 Å². The van der Waals surface area contributed by atoms with E-state index in [0.29, 0.717) is 54.2 Å². The first-order valence-electron chi connectivity index (χ1n) is 25.6.